The van der Waals surface area contributed by atoms with Crippen LogP contribution in [0, 0.1) is 17.8 Å². The minimum atomic E-state index is -0.0854. The van der Waals surface area contributed by atoms with Crippen LogP contribution in [0.25, 0.3) is 0 Å². The number of fused-ring (bicyclic) bond motifs is 1. The van der Waals surface area contributed by atoms with Gasteiger partial charge in [-0.15, -0.1) is 0 Å². The molecule has 0 unspecified atom stereocenters. The largest absolute Gasteiger partial charge is 0.295 e. The average molecular weight is 218 g/mol. The number of carbonyl (C=O) groups excluding carboxylic acids is 2. The van der Waals surface area contributed by atoms with E-state index in [1.165, 1.54) is 17.7 Å². The van der Waals surface area contributed by atoms with Gasteiger partial charge in [0.25, 0.3) is 0 Å². The number of allylic oxidation sites excluding steroid dienone is 4. The summed E-state index contributed by atoms with van der Waals surface area (Å²) in [5, 5.41) is 0. The fourth-order valence-electron chi connectivity index (χ4n) is 2.90. The van der Waals surface area contributed by atoms with Gasteiger partial charge in [0.05, 0.1) is 0 Å². The molecule has 2 aliphatic carbocycles. The highest BCUT2D eigenvalue weighted by Gasteiger charge is 2.41. The van der Waals surface area contributed by atoms with E-state index in [1.807, 2.05) is 0 Å². The third-order valence-electron chi connectivity index (χ3n) is 3.86. The van der Waals surface area contributed by atoms with Crippen molar-refractivity contribution < 1.29 is 9.59 Å². The molecule has 0 spiro atoms. The maximum Gasteiger partial charge on any atom is 0.160 e. The fourth-order valence-corrected chi connectivity index (χ4v) is 2.90. The molecule has 0 fully saturated rings. The first-order valence-corrected chi connectivity index (χ1v) is 6.12. The summed E-state index contributed by atoms with van der Waals surface area (Å²) in [6.07, 6.45) is 7.88. The van der Waals surface area contributed by atoms with Crippen LogP contribution in [-0.2, 0) is 9.59 Å². The van der Waals surface area contributed by atoms with E-state index in [0.29, 0.717) is 0 Å². The Balaban J connectivity index is 2.36. The highest BCUT2D eigenvalue weighted by atomic mass is 16.1. The molecule has 0 saturated carbocycles. The van der Waals surface area contributed by atoms with Gasteiger partial charge in [0.1, 0.15) is 0 Å². The molecule has 0 aromatic heterocycles. The van der Waals surface area contributed by atoms with Gasteiger partial charge in [-0.1, -0.05) is 25.5 Å². The molecule has 0 aromatic rings. The molecule has 0 heterocycles. The molecule has 2 nitrogen and oxygen atoms in total. The van der Waals surface area contributed by atoms with Crippen molar-refractivity contribution in [2.75, 3.05) is 0 Å². The molecule has 0 aliphatic heterocycles. The van der Waals surface area contributed by atoms with Crippen LogP contribution < -0.4 is 0 Å². The van der Waals surface area contributed by atoms with Crippen molar-refractivity contribution in [2.45, 2.75) is 33.1 Å². The Labute approximate surface area is 96.4 Å². The topological polar surface area (TPSA) is 34.1 Å². The lowest BCUT2D eigenvalue weighted by molar-refractivity contribution is -0.130. The first kappa shape index (κ1) is 11.3. The Morgan fingerprint density at radius 2 is 1.88 bits per heavy atom. The second kappa shape index (κ2) is 4.36. The molecule has 0 radical (unpaired) electrons. The third-order valence-corrected chi connectivity index (χ3v) is 3.86. The molecule has 0 N–H and O–H groups in total. The molecule has 2 aliphatic rings. The summed E-state index contributed by atoms with van der Waals surface area (Å²) < 4.78 is 0. The molecule has 0 saturated heterocycles. The van der Waals surface area contributed by atoms with Gasteiger partial charge in [-0.2, -0.15) is 0 Å². The number of hydrogen-bond acceptors (Lipinski definition) is 2. The normalized spacial score (nSPS) is 33.6. The lowest BCUT2D eigenvalue weighted by Gasteiger charge is -2.35. The summed E-state index contributed by atoms with van der Waals surface area (Å²) in [5.41, 5.74) is 1.34. The van der Waals surface area contributed by atoms with E-state index >= 15 is 0 Å². The SMILES string of the molecule is CCC1=C[C@@H](CC)[C@H]2C(=O)C=CC(=O)[C@H]2C1. The standard InChI is InChI=1S/C14H18O2/c1-3-9-7-10(4-2)14-11(8-9)12(15)5-6-13(14)16/h5-7,10-11,14H,3-4,8H2,1-2H3/t10-,11-,14-/m1/s1. The maximum atomic E-state index is 11.9. The molecule has 0 amide bonds. The number of hydrogen-bond donors (Lipinski definition) is 0. The molecule has 3 atom stereocenters. The smallest absolute Gasteiger partial charge is 0.160 e. The molecule has 0 bridgehead atoms. The van der Waals surface area contributed by atoms with E-state index < -0.39 is 0 Å². The van der Waals surface area contributed by atoms with Crippen LogP contribution >= 0.6 is 0 Å². The molecule has 2 rings (SSSR count). The van der Waals surface area contributed by atoms with Crippen molar-refractivity contribution in [1.82, 2.24) is 0 Å². The Kier molecular flexibility index (Phi) is 3.08. The maximum absolute atomic E-state index is 11.9. The molecule has 2 heteroatoms. The number of rotatable bonds is 2. The Bertz CT molecular complexity index is 376. The highest BCUT2D eigenvalue weighted by Crippen LogP contribution is 2.39. The summed E-state index contributed by atoms with van der Waals surface area (Å²) in [6.45, 7) is 4.21. The number of ketones is 2. The lowest BCUT2D eigenvalue weighted by atomic mass is 9.66. The zero-order chi connectivity index (χ0) is 11.7. The average Bonchev–Trinajstić information content (AvgIpc) is 2.32. The van der Waals surface area contributed by atoms with Crippen molar-refractivity contribution in [1.29, 1.82) is 0 Å². The van der Waals surface area contributed by atoms with Gasteiger partial charge in [-0.3, -0.25) is 9.59 Å². The Hall–Kier alpha value is -1.18. The van der Waals surface area contributed by atoms with E-state index in [0.717, 1.165) is 19.3 Å². The fraction of sp³-hybridized carbons (Fsp3) is 0.571. The van der Waals surface area contributed by atoms with E-state index in [2.05, 4.69) is 19.9 Å². The van der Waals surface area contributed by atoms with E-state index in [4.69, 9.17) is 0 Å². The van der Waals surface area contributed by atoms with Crippen molar-refractivity contribution in [2.24, 2.45) is 17.8 Å². The van der Waals surface area contributed by atoms with Crippen LogP contribution in [0.3, 0.4) is 0 Å². The first-order chi connectivity index (χ1) is 7.67. The van der Waals surface area contributed by atoms with Crippen LogP contribution in [0.1, 0.15) is 33.1 Å². The van der Waals surface area contributed by atoms with Crippen LogP contribution in [-0.4, -0.2) is 11.6 Å². The van der Waals surface area contributed by atoms with Gasteiger partial charge >= 0.3 is 0 Å². The molecule has 16 heavy (non-hydrogen) atoms. The summed E-state index contributed by atoms with van der Waals surface area (Å²) in [6, 6.07) is 0. The minimum Gasteiger partial charge on any atom is -0.295 e. The molecular weight excluding hydrogens is 200 g/mol. The van der Waals surface area contributed by atoms with Crippen molar-refractivity contribution >= 4 is 11.6 Å². The zero-order valence-corrected chi connectivity index (χ0v) is 9.90. The van der Waals surface area contributed by atoms with Crippen LogP contribution in [0.15, 0.2) is 23.8 Å². The van der Waals surface area contributed by atoms with Crippen molar-refractivity contribution in [3.05, 3.63) is 23.8 Å². The second-order valence-corrected chi connectivity index (χ2v) is 4.73. The third kappa shape index (κ3) is 1.77. The first-order valence-electron chi connectivity index (χ1n) is 6.12. The van der Waals surface area contributed by atoms with Crippen LogP contribution in [0.2, 0.25) is 0 Å². The Morgan fingerprint density at radius 1 is 1.19 bits per heavy atom. The predicted molar refractivity (Wildman–Crippen MR) is 62.9 cm³/mol. The highest BCUT2D eigenvalue weighted by molar-refractivity contribution is 6.07. The van der Waals surface area contributed by atoms with Gasteiger partial charge in [-0.25, -0.2) is 0 Å². The van der Waals surface area contributed by atoms with Gasteiger partial charge in [0.15, 0.2) is 11.6 Å². The van der Waals surface area contributed by atoms with E-state index in [1.54, 1.807) is 0 Å². The van der Waals surface area contributed by atoms with Gasteiger partial charge < -0.3 is 0 Å². The van der Waals surface area contributed by atoms with Gasteiger partial charge in [0.2, 0.25) is 0 Å². The van der Waals surface area contributed by atoms with E-state index in [9.17, 15) is 9.59 Å². The molecule has 86 valence electrons. The second-order valence-electron chi connectivity index (χ2n) is 4.73. The molecule has 0 aromatic carbocycles. The summed E-state index contributed by atoms with van der Waals surface area (Å²) >= 11 is 0. The quantitative estimate of drug-likeness (QED) is 0.668. The van der Waals surface area contributed by atoms with Gasteiger partial charge in [0, 0.05) is 11.8 Å². The van der Waals surface area contributed by atoms with Crippen molar-refractivity contribution in [3.63, 3.8) is 0 Å². The van der Waals surface area contributed by atoms with Crippen molar-refractivity contribution in [3.8, 4) is 0 Å². The summed E-state index contributed by atoms with van der Waals surface area (Å²) in [4.78, 5) is 23.7. The minimum absolute atomic E-state index is 0.0811. The number of carbonyl (C=O) groups is 2. The Morgan fingerprint density at radius 3 is 2.50 bits per heavy atom. The molecular formula is C14H18O2. The monoisotopic (exact) mass is 218 g/mol. The zero-order valence-electron chi connectivity index (χ0n) is 9.90. The summed E-state index contributed by atoms with van der Waals surface area (Å²) in [7, 11) is 0. The predicted octanol–water partition coefficient (Wildman–Crippen LogP) is 2.69. The van der Waals surface area contributed by atoms with Gasteiger partial charge in [-0.05, 0) is 37.3 Å². The summed E-state index contributed by atoms with van der Waals surface area (Å²) in [5.74, 6) is 0.375. The van der Waals surface area contributed by atoms with E-state index in [-0.39, 0.29) is 29.3 Å². The van der Waals surface area contributed by atoms with Crippen LogP contribution in [0.4, 0.5) is 0 Å². The van der Waals surface area contributed by atoms with Crippen LogP contribution in [0.5, 0.6) is 0 Å². The lowest BCUT2D eigenvalue weighted by Crippen LogP contribution is -2.39.